The summed E-state index contributed by atoms with van der Waals surface area (Å²) in [5.41, 5.74) is 3.31. The van der Waals surface area contributed by atoms with Gasteiger partial charge in [-0.05, 0) is 49.2 Å². The molecular weight excluding hydrogens is 517 g/mol. The van der Waals surface area contributed by atoms with Gasteiger partial charge in [0.25, 0.3) is 5.91 Å². The molecule has 0 radical (unpaired) electrons. The van der Waals surface area contributed by atoms with Gasteiger partial charge in [-0.3, -0.25) is 24.3 Å². The maximum Gasteiger partial charge on any atom is 0.367 e. The summed E-state index contributed by atoms with van der Waals surface area (Å²) in [4.78, 5) is 51.8. The normalized spacial score (nSPS) is 10.2. The summed E-state index contributed by atoms with van der Waals surface area (Å²) in [6.45, 7) is 3.15. The first-order valence-corrected chi connectivity index (χ1v) is 11.3. The lowest BCUT2D eigenvalue weighted by Crippen LogP contribution is -2.31. The van der Waals surface area contributed by atoms with Gasteiger partial charge < -0.3 is 15.1 Å². The van der Waals surface area contributed by atoms with E-state index in [-0.39, 0.29) is 0 Å². The van der Waals surface area contributed by atoms with Crippen LogP contribution in [0.5, 0.6) is 0 Å². The molecular formula is C27H29F3N4O5. The van der Waals surface area contributed by atoms with Gasteiger partial charge in [-0.15, -0.1) is 0 Å². The summed E-state index contributed by atoms with van der Waals surface area (Å²) in [5.74, 6) is -4.69. The van der Waals surface area contributed by atoms with Gasteiger partial charge in [-0.1, -0.05) is 24.3 Å². The second-order valence-corrected chi connectivity index (χ2v) is 8.17. The van der Waals surface area contributed by atoms with Crippen LogP contribution < -0.4 is 5.32 Å². The van der Waals surface area contributed by atoms with Gasteiger partial charge in [0.1, 0.15) is 23.7 Å². The van der Waals surface area contributed by atoms with E-state index in [1.54, 1.807) is 37.6 Å². The molecule has 0 spiro atoms. The lowest BCUT2D eigenvalue weighted by atomic mass is 10.0. The molecule has 1 N–H and O–H groups in total. The Labute approximate surface area is 223 Å². The van der Waals surface area contributed by atoms with Crippen LogP contribution in [0.25, 0.3) is 17.0 Å². The Morgan fingerprint density at radius 3 is 2.15 bits per heavy atom. The highest BCUT2D eigenvalue weighted by molar-refractivity contribution is 5.96. The molecule has 0 saturated heterocycles. The van der Waals surface area contributed by atoms with Crippen LogP contribution in [0.2, 0.25) is 0 Å². The van der Waals surface area contributed by atoms with Crippen molar-refractivity contribution >= 4 is 41.7 Å². The molecule has 0 fully saturated rings. The maximum atomic E-state index is 13.0. The molecule has 1 heterocycles. The van der Waals surface area contributed by atoms with E-state index in [2.05, 4.69) is 28.1 Å². The Kier molecular flexibility index (Phi) is 13.4. The minimum atomic E-state index is -1.37. The Morgan fingerprint density at radius 1 is 1.00 bits per heavy atom. The topological polar surface area (TPSA) is 109 Å². The third-order valence-electron chi connectivity index (χ3n) is 4.96. The second-order valence-electron chi connectivity index (χ2n) is 8.17. The monoisotopic (exact) mass is 546 g/mol. The first kappa shape index (κ1) is 32.3. The van der Waals surface area contributed by atoms with Gasteiger partial charge in [0, 0.05) is 42.9 Å². The molecule has 3 aromatic rings. The maximum absolute atomic E-state index is 13.0. The van der Waals surface area contributed by atoms with E-state index in [4.69, 9.17) is 0 Å². The SMILES string of the molecule is C/C(=C\c1ccc(C)c2ncccc12)N(C)C=O.CN(C)C=O.O=C(CNC(=O)c1c(F)cccc1F)OF. The molecule has 208 valence electrons. The molecule has 1 aromatic heterocycles. The summed E-state index contributed by atoms with van der Waals surface area (Å²) in [5, 5.41) is 2.91. The smallest absolute Gasteiger partial charge is 0.351 e. The molecule has 9 nitrogen and oxygen atoms in total. The number of carbonyl (C=O) groups is 4. The van der Waals surface area contributed by atoms with Crippen molar-refractivity contribution < 1.29 is 37.4 Å². The van der Waals surface area contributed by atoms with E-state index in [1.807, 2.05) is 26.0 Å². The van der Waals surface area contributed by atoms with Gasteiger partial charge in [0.05, 0.1) is 5.52 Å². The highest BCUT2D eigenvalue weighted by Crippen LogP contribution is 2.22. The number of allylic oxidation sites excluding steroid dienone is 1. The molecule has 0 atom stereocenters. The third kappa shape index (κ3) is 10.3. The van der Waals surface area contributed by atoms with Gasteiger partial charge >= 0.3 is 5.97 Å². The van der Waals surface area contributed by atoms with Crippen LogP contribution in [0.15, 0.2) is 54.4 Å². The van der Waals surface area contributed by atoms with Crippen LogP contribution >= 0.6 is 0 Å². The molecule has 3 amide bonds. The lowest BCUT2D eigenvalue weighted by Gasteiger charge is -2.12. The number of hydrogen-bond donors (Lipinski definition) is 1. The standard InChI is InChI=1S/C15H16N2O.C9H6F3NO3.C3H7NO/c1-11-6-7-13(9-12(2)17(3)10-18)14-5-4-8-16-15(11)14;10-5-2-1-3-6(11)8(5)9(15)13-4-7(14)16-12;1-4(2)3-5/h4-10H,1-3H3;1-3H,4H2,(H,13,15);3H,1-2H3/b12-9+;;. The van der Waals surface area contributed by atoms with Crippen molar-refractivity contribution in [1.29, 1.82) is 0 Å². The number of carbonyl (C=O) groups excluding carboxylic acids is 4. The van der Waals surface area contributed by atoms with Gasteiger partial charge in [-0.2, -0.15) is 0 Å². The second kappa shape index (κ2) is 16.2. The summed E-state index contributed by atoms with van der Waals surface area (Å²) in [6.07, 6.45) is 5.35. The first-order chi connectivity index (χ1) is 18.5. The number of nitrogens with one attached hydrogen (secondary N) is 1. The van der Waals surface area contributed by atoms with Crippen molar-refractivity contribution in [2.45, 2.75) is 13.8 Å². The zero-order valence-corrected chi connectivity index (χ0v) is 22.1. The fourth-order valence-corrected chi connectivity index (χ4v) is 2.85. The van der Waals surface area contributed by atoms with Gasteiger partial charge in [0.2, 0.25) is 12.8 Å². The fraction of sp³-hybridized carbons (Fsp3) is 0.222. The fourth-order valence-electron chi connectivity index (χ4n) is 2.85. The predicted molar refractivity (Wildman–Crippen MR) is 140 cm³/mol. The number of benzene rings is 2. The molecule has 0 bridgehead atoms. The van der Waals surface area contributed by atoms with Crippen molar-refractivity contribution in [3.63, 3.8) is 0 Å². The van der Waals surface area contributed by atoms with Crippen LogP contribution in [0, 0.1) is 18.6 Å². The molecule has 0 saturated carbocycles. The Morgan fingerprint density at radius 2 is 1.62 bits per heavy atom. The number of hydrogen-bond acceptors (Lipinski definition) is 6. The van der Waals surface area contributed by atoms with E-state index in [9.17, 15) is 32.5 Å². The number of aromatic nitrogens is 1. The molecule has 12 heteroatoms. The largest absolute Gasteiger partial charge is 0.367 e. The lowest BCUT2D eigenvalue weighted by molar-refractivity contribution is -0.182. The van der Waals surface area contributed by atoms with Crippen LogP contribution in [0.3, 0.4) is 0 Å². The van der Waals surface area contributed by atoms with Crippen LogP contribution in [0.1, 0.15) is 28.4 Å². The van der Waals surface area contributed by atoms with Crippen molar-refractivity contribution in [2.24, 2.45) is 0 Å². The van der Waals surface area contributed by atoms with Crippen molar-refractivity contribution in [1.82, 2.24) is 20.1 Å². The number of aryl methyl sites for hydroxylation is 1. The number of pyridine rings is 1. The summed E-state index contributed by atoms with van der Waals surface area (Å²) >= 11 is 0. The highest BCUT2D eigenvalue weighted by atomic mass is 19.3. The molecule has 39 heavy (non-hydrogen) atoms. The van der Waals surface area contributed by atoms with Gasteiger partial charge in [0.15, 0.2) is 0 Å². The van der Waals surface area contributed by atoms with Crippen LogP contribution in [-0.4, -0.2) is 67.2 Å². The van der Waals surface area contributed by atoms with E-state index >= 15 is 0 Å². The number of amides is 3. The summed E-state index contributed by atoms with van der Waals surface area (Å²) in [6, 6.07) is 10.9. The van der Waals surface area contributed by atoms with Crippen LogP contribution in [-0.2, 0) is 19.3 Å². The number of nitrogens with zero attached hydrogens (tertiary/aromatic N) is 3. The predicted octanol–water partition coefficient (Wildman–Crippen LogP) is 3.82. The number of halogens is 3. The van der Waals surface area contributed by atoms with E-state index in [0.29, 0.717) is 0 Å². The van der Waals surface area contributed by atoms with E-state index in [1.165, 1.54) is 4.90 Å². The third-order valence-corrected chi connectivity index (χ3v) is 4.96. The van der Waals surface area contributed by atoms with Crippen molar-refractivity contribution in [3.8, 4) is 0 Å². The summed E-state index contributed by atoms with van der Waals surface area (Å²) < 4.78 is 37.3. The highest BCUT2D eigenvalue weighted by Gasteiger charge is 2.17. The molecule has 2 aromatic carbocycles. The quantitative estimate of drug-likeness (QED) is 0.452. The van der Waals surface area contributed by atoms with Crippen molar-refractivity contribution in [2.75, 3.05) is 27.7 Å². The number of rotatable bonds is 7. The molecule has 3 rings (SSSR count). The average Bonchev–Trinajstić information content (AvgIpc) is 2.93. The molecule has 0 aliphatic carbocycles. The average molecular weight is 547 g/mol. The molecule has 0 aliphatic rings. The Hall–Kier alpha value is -4.74. The minimum absolute atomic E-state index is 0.750. The molecule has 0 aliphatic heterocycles. The zero-order chi connectivity index (χ0) is 29.5. The first-order valence-electron chi connectivity index (χ1n) is 11.3. The van der Waals surface area contributed by atoms with Gasteiger partial charge in [-0.25, -0.2) is 13.6 Å². The zero-order valence-electron chi connectivity index (χ0n) is 22.1. The Balaban J connectivity index is 0.000000335. The van der Waals surface area contributed by atoms with E-state index in [0.717, 1.165) is 58.7 Å². The minimum Gasteiger partial charge on any atom is -0.351 e. The van der Waals surface area contributed by atoms with Crippen LogP contribution in [0.4, 0.5) is 13.3 Å². The van der Waals surface area contributed by atoms with E-state index < -0.39 is 35.6 Å². The molecule has 0 unspecified atom stereocenters. The van der Waals surface area contributed by atoms with Crippen molar-refractivity contribution in [3.05, 3.63) is 82.7 Å². The summed E-state index contributed by atoms with van der Waals surface area (Å²) in [7, 11) is 5.12. The Bertz CT molecular complexity index is 1310. The number of fused-ring (bicyclic) bond motifs is 1.